The molecule has 0 spiro atoms. The fourth-order valence-electron chi connectivity index (χ4n) is 2.20. The molecule has 0 saturated carbocycles. The van der Waals surface area contributed by atoms with Gasteiger partial charge in [-0.1, -0.05) is 36.9 Å². The van der Waals surface area contributed by atoms with Gasteiger partial charge < -0.3 is 10.4 Å². The fourth-order valence-corrected chi connectivity index (χ4v) is 3.31. The summed E-state index contributed by atoms with van der Waals surface area (Å²) < 4.78 is 0. The monoisotopic (exact) mass is 257 g/mol. The predicted octanol–water partition coefficient (Wildman–Crippen LogP) is 3.95. The van der Waals surface area contributed by atoms with E-state index in [1.54, 1.807) is 11.8 Å². The van der Waals surface area contributed by atoms with Gasteiger partial charge in [0.05, 0.1) is 18.0 Å². The maximum Gasteiger partial charge on any atom is 0.0682 e. The van der Waals surface area contributed by atoms with Crippen molar-refractivity contribution in [2.75, 3.05) is 5.32 Å². The van der Waals surface area contributed by atoms with Crippen molar-refractivity contribution in [2.45, 2.75) is 29.7 Å². The van der Waals surface area contributed by atoms with Crippen molar-refractivity contribution in [2.24, 2.45) is 0 Å². The molecule has 0 aromatic heterocycles. The molecule has 0 atom stereocenters. The summed E-state index contributed by atoms with van der Waals surface area (Å²) in [5, 5.41) is 12.7. The highest BCUT2D eigenvalue weighted by atomic mass is 32.2. The minimum Gasteiger partial charge on any atom is -0.392 e. The number of anilines is 2. The van der Waals surface area contributed by atoms with Crippen molar-refractivity contribution in [3.63, 3.8) is 0 Å². The Balaban J connectivity index is 2.06. The van der Waals surface area contributed by atoms with Crippen LogP contribution in [0.3, 0.4) is 0 Å². The largest absolute Gasteiger partial charge is 0.392 e. The maximum atomic E-state index is 9.19. The first-order valence-corrected chi connectivity index (χ1v) is 6.94. The van der Waals surface area contributed by atoms with Crippen LogP contribution in [0.4, 0.5) is 11.4 Å². The van der Waals surface area contributed by atoms with Crippen LogP contribution in [0.15, 0.2) is 46.2 Å². The summed E-state index contributed by atoms with van der Waals surface area (Å²) in [6.07, 6.45) is 1.03. The number of aryl methyl sites for hydroxylation is 1. The molecule has 0 aliphatic carbocycles. The fraction of sp³-hybridized carbons (Fsp3) is 0.200. The molecule has 1 aliphatic heterocycles. The molecule has 0 unspecified atom stereocenters. The van der Waals surface area contributed by atoms with Crippen molar-refractivity contribution >= 4 is 23.1 Å². The van der Waals surface area contributed by atoms with Gasteiger partial charge in [-0.25, -0.2) is 0 Å². The summed E-state index contributed by atoms with van der Waals surface area (Å²) in [5.74, 6) is 0. The molecule has 2 aromatic rings. The first-order valence-electron chi connectivity index (χ1n) is 6.12. The van der Waals surface area contributed by atoms with Gasteiger partial charge in [0.25, 0.3) is 0 Å². The number of fused-ring (bicyclic) bond motifs is 2. The van der Waals surface area contributed by atoms with E-state index in [4.69, 9.17) is 0 Å². The van der Waals surface area contributed by atoms with Crippen LogP contribution in [0.1, 0.15) is 18.1 Å². The van der Waals surface area contributed by atoms with Crippen LogP contribution in [-0.2, 0) is 13.0 Å². The summed E-state index contributed by atoms with van der Waals surface area (Å²) in [5.41, 5.74) is 4.66. The molecule has 18 heavy (non-hydrogen) atoms. The van der Waals surface area contributed by atoms with Gasteiger partial charge >= 0.3 is 0 Å². The Hall–Kier alpha value is -1.45. The van der Waals surface area contributed by atoms with Crippen LogP contribution in [0.5, 0.6) is 0 Å². The number of para-hydroxylation sites is 1. The molecule has 3 heteroatoms. The molecule has 0 fully saturated rings. The summed E-state index contributed by atoms with van der Waals surface area (Å²) in [6, 6.07) is 12.5. The van der Waals surface area contributed by atoms with Crippen LogP contribution in [-0.4, -0.2) is 5.11 Å². The average Bonchev–Trinajstić information content (AvgIpc) is 2.43. The van der Waals surface area contributed by atoms with E-state index in [2.05, 4.69) is 36.5 Å². The Morgan fingerprint density at radius 1 is 1.17 bits per heavy atom. The molecular weight excluding hydrogens is 242 g/mol. The number of benzene rings is 2. The average molecular weight is 257 g/mol. The SMILES string of the molecule is CCc1cccc2c1Nc1ccc(CO)cc1S2. The maximum absolute atomic E-state index is 9.19. The van der Waals surface area contributed by atoms with Crippen LogP contribution >= 0.6 is 11.8 Å². The Kier molecular flexibility index (Phi) is 3.02. The zero-order valence-electron chi connectivity index (χ0n) is 10.2. The highest BCUT2D eigenvalue weighted by molar-refractivity contribution is 7.99. The molecule has 1 heterocycles. The van der Waals surface area contributed by atoms with E-state index in [1.165, 1.54) is 21.0 Å². The summed E-state index contributed by atoms with van der Waals surface area (Å²) in [7, 11) is 0. The summed E-state index contributed by atoms with van der Waals surface area (Å²) >= 11 is 1.77. The zero-order valence-corrected chi connectivity index (χ0v) is 11.1. The van der Waals surface area contributed by atoms with E-state index in [9.17, 15) is 5.11 Å². The van der Waals surface area contributed by atoms with Gasteiger partial charge in [0.15, 0.2) is 0 Å². The quantitative estimate of drug-likeness (QED) is 0.729. The third kappa shape index (κ3) is 1.89. The molecule has 2 N–H and O–H groups in total. The second-order valence-corrected chi connectivity index (χ2v) is 5.44. The van der Waals surface area contributed by atoms with Crippen LogP contribution in [0.25, 0.3) is 0 Å². The van der Waals surface area contributed by atoms with E-state index in [-0.39, 0.29) is 6.61 Å². The lowest BCUT2D eigenvalue weighted by Gasteiger charge is -2.23. The lowest BCUT2D eigenvalue weighted by atomic mass is 10.1. The van der Waals surface area contributed by atoms with Gasteiger partial charge in [-0.3, -0.25) is 0 Å². The van der Waals surface area contributed by atoms with Gasteiger partial charge in [-0.05, 0) is 35.7 Å². The second kappa shape index (κ2) is 4.67. The molecule has 0 saturated heterocycles. The Labute approximate surface area is 111 Å². The van der Waals surface area contributed by atoms with E-state index >= 15 is 0 Å². The van der Waals surface area contributed by atoms with Crippen LogP contribution < -0.4 is 5.32 Å². The Morgan fingerprint density at radius 3 is 2.83 bits per heavy atom. The van der Waals surface area contributed by atoms with E-state index < -0.39 is 0 Å². The highest BCUT2D eigenvalue weighted by Gasteiger charge is 2.17. The lowest BCUT2D eigenvalue weighted by Crippen LogP contribution is -2.03. The zero-order chi connectivity index (χ0) is 12.5. The number of rotatable bonds is 2. The number of aliphatic hydroxyl groups is 1. The van der Waals surface area contributed by atoms with Gasteiger partial charge in [-0.15, -0.1) is 0 Å². The third-order valence-electron chi connectivity index (χ3n) is 3.20. The van der Waals surface area contributed by atoms with E-state index in [0.29, 0.717) is 0 Å². The number of hydrogen-bond acceptors (Lipinski definition) is 3. The molecule has 2 aromatic carbocycles. The van der Waals surface area contributed by atoms with E-state index in [1.807, 2.05) is 12.1 Å². The molecule has 0 bridgehead atoms. The number of hydrogen-bond donors (Lipinski definition) is 2. The minimum absolute atomic E-state index is 0.0930. The van der Waals surface area contributed by atoms with Gasteiger partial charge in [0, 0.05) is 9.79 Å². The summed E-state index contributed by atoms with van der Waals surface area (Å²) in [6.45, 7) is 2.27. The van der Waals surface area contributed by atoms with Gasteiger partial charge in [-0.2, -0.15) is 0 Å². The first-order chi connectivity index (χ1) is 8.81. The minimum atomic E-state index is 0.0930. The highest BCUT2D eigenvalue weighted by Crippen LogP contribution is 2.45. The van der Waals surface area contributed by atoms with Crippen molar-refractivity contribution in [1.29, 1.82) is 0 Å². The predicted molar refractivity (Wildman–Crippen MR) is 75.6 cm³/mol. The Morgan fingerprint density at radius 2 is 2.06 bits per heavy atom. The number of aliphatic hydroxyl groups excluding tert-OH is 1. The number of nitrogens with one attached hydrogen (secondary N) is 1. The first kappa shape index (κ1) is 11.6. The topological polar surface area (TPSA) is 32.3 Å². The third-order valence-corrected chi connectivity index (χ3v) is 4.32. The summed E-state index contributed by atoms with van der Waals surface area (Å²) in [4.78, 5) is 2.44. The Bertz CT molecular complexity index is 595. The molecule has 92 valence electrons. The normalized spacial score (nSPS) is 12.6. The van der Waals surface area contributed by atoms with Crippen molar-refractivity contribution in [3.05, 3.63) is 47.5 Å². The van der Waals surface area contributed by atoms with Crippen molar-refractivity contribution < 1.29 is 5.11 Å². The molecule has 0 radical (unpaired) electrons. The lowest BCUT2D eigenvalue weighted by molar-refractivity contribution is 0.281. The second-order valence-electron chi connectivity index (χ2n) is 4.36. The molecule has 1 aliphatic rings. The molecular formula is C15H15NOS. The van der Waals surface area contributed by atoms with Crippen LogP contribution in [0.2, 0.25) is 0 Å². The van der Waals surface area contributed by atoms with Gasteiger partial charge in [0.2, 0.25) is 0 Å². The smallest absolute Gasteiger partial charge is 0.0682 e. The van der Waals surface area contributed by atoms with E-state index in [0.717, 1.165) is 17.7 Å². The van der Waals surface area contributed by atoms with Crippen LogP contribution in [0, 0.1) is 0 Å². The molecule has 0 amide bonds. The standard InChI is InChI=1S/C15H15NOS/c1-2-11-4-3-5-13-15(11)16-12-7-6-10(9-17)8-14(12)18-13/h3-8,16-17H,2,9H2,1H3. The molecule has 3 rings (SSSR count). The molecule has 2 nitrogen and oxygen atoms in total. The van der Waals surface area contributed by atoms with Crippen molar-refractivity contribution in [3.8, 4) is 0 Å². The van der Waals surface area contributed by atoms with Crippen molar-refractivity contribution in [1.82, 2.24) is 0 Å². The van der Waals surface area contributed by atoms with Gasteiger partial charge in [0.1, 0.15) is 0 Å².